The van der Waals surface area contributed by atoms with E-state index in [2.05, 4.69) is 14.4 Å². The van der Waals surface area contributed by atoms with Crippen molar-refractivity contribution in [2.75, 3.05) is 44.7 Å². The van der Waals surface area contributed by atoms with Crippen LogP contribution in [0.5, 0.6) is 5.75 Å². The number of carbonyl (C=O) groups is 2. The average molecular weight is 433 g/mol. The predicted molar refractivity (Wildman–Crippen MR) is 110 cm³/mol. The van der Waals surface area contributed by atoms with Gasteiger partial charge in [-0.2, -0.15) is 0 Å². The van der Waals surface area contributed by atoms with Crippen molar-refractivity contribution in [3.05, 3.63) is 34.4 Å². The van der Waals surface area contributed by atoms with Gasteiger partial charge in [0, 0.05) is 38.8 Å². The average Bonchev–Trinajstić information content (AvgIpc) is 3.59. The van der Waals surface area contributed by atoms with E-state index in [0.717, 1.165) is 12.8 Å². The Morgan fingerprint density at radius 3 is 2.52 bits per heavy atom. The van der Waals surface area contributed by atoms with Crippen LogP contribution in [0, 0.1) is 5.82 Å². The number of hydrogen-bond acceptors (Lipinski definition) is 7. The molecule has 9 nitrogen and oxygen atoms in total. The molecule has 2 heterocycles. The van der Waals surface area contributed by atoms with Gasteiger partial charge in [0.05, 0.1) is 36.3 Å². The van der Waals surface area contributed by atoms with Crippen LogP contribution in [0.1, 0.15) is 25.3 Å². The first kappa shape index (κ1) is 21.1. The van der Waals surface area contributed by atoms with Crippen molar-refractivity contribution in [1.82, 2.24) is 9.47 Å². The summed E-state index contributed by atoms with van der Waals surface area (Å²) in [4.78, 5) is 39.0. The van der Waals surface area contributed by atoms with E-state index < -0.39 is 17.4 Å². The Balaban J connectivity index is 1.61. The van der Waals surface area contributed by atoms with Gasteiger partial charge in [0.2, 0.25) is 5.43 Å². The van der Waals surface area contributed by atoms with Crippen molar-refractivity contribution in [1.29, 1.82) is 0 Å². The van der Waals surface area contributed by atoms with Crippen LogP contribution < -0.4 is 15.1 Å². The highest BCUT2D eigenvalue weighted by molar-refractivity contribution is 5.85. The second kappa shape index (κ2) is 8.54. The van der Waals surface area contributed by atoms with E-state index in [1.807, 2.05) is 9.47 Å². The molecule has 0 amide bonds. The summed E-state index contributed by atoms with van der Waals surface area (Å²) in [6, 6.07) is 2.97. The zero-order valence-electron chi connectivity index (χ0n) is 17.2. The first-order valence-electron chi connectivity index (χ1n) is 10.2. The highest BCUT2D eigenvalue weighted by Gasteiger charge is 2.28. The minimum atomic E-state index is -1.58. The predicted octanol–water partition coefficient (Wildman–Crippen LogP) is 2.22. The number of piperazine rings is 1. The molecule has 2 aromatic rings. The maximum absolute atomic E-state index is 15.0. The van der Waals surface area contributed by atoms with Crippen LogP contribution >= 0.6 is 0 Å². The molecule has 1 aliphatic heterocycles. The van der Waals surface area contributed by atoms with E-state index >= 15 is 4.39 Å². The molecule has 31 heavy (non-hydrogen) atoms. The van der Waals surface area contributed by atoms with Crippen LogP contribution in [0.4, 0.5) is 14.9 Å². The van der Waals surface area contributed by atoms with Crippen molar-refractivity contribution in [3.63, 3.8) is 0 Å². The fourth-order valence-electron chi connectivity index (χ4n) is 3.96. The molecule has 166 valence electrons. The summed E-state index contributed by atoms with van der Waals surface area (Å²) in [6.45, 7) is 3.10. The summed E-state index contributed by atoms with van der Waals surface area (Å²) in [7, 11) is 1.36. The lowest BCUT2D eigenvalue weighted by atomic mass is 10.1. The smallest absolute Gasteiger partial charge is 0.469 e. The number of methoxy groups -OCH3 is 1. The first-order chi connectivity index (χ1) is 14.9. The van der Waals surface area contributed by atoms with E-state index in [1.165, 1.54) is 19.4 Å². The topological polar surface area (TPSA) is 101 Å². The molecular formula is C21H24FN3O6. The highest BCUT2D eigenvalue weighted by Crippen LogP contribution is 2.39. The van der Waals surface area contributed by atoms with Gasteiger partial charge in [0.25, 0.3) is 0 Å². The third-order valence-corrected chi connectivity index (χ3v) is 5.78. The molecule has 2 fully saturated rings. The molecule has 0 unspecified atom stereocenters. The van der Waals surface area contributed by atoms with Gasteiger partial charge in [-0.25, -0.2) is 9.18 Å². The van der Waals surface area contributed by atoms with E-state index in [4.69, 9.17) is 5.11 Å². The fourth-order valence-corrected chi connectivity index (χ4v) is 3.96. The number of carboxylic acid groups (broad SMARTS) is 1. The van der Waals surface area contributed by atoms with Crippen LogP contribution in [0.25, 0.3) is 10.9 Å². The third-order valence-electron chi connectivity index (χ3n) is 5.78. The summed E-state index contributed by atoms with van der Waals surface area (Å²) in [5.41, 5.74) is 0.322. The molecule has 1 aliphatic carbocycles. The van der Waals surface area contributed by atoms with Crippen molar-refractivity contribution in [2.24, 2.45) is 0 Å². The molecule has 2 aliphatic rings. The Hall–Kier alpha value is -3.14. The maximum Gasteiger partial charge on any atom is 0.511 e. The molecular weight excluding hydrogens is 409 g/mol. The number of pyridine rings is 1. The summed E-state index contributed by atoms with van der Waals surface area (Å²) in [5.74, 6) is -1.12. The molecule has 1 N–H and O–H groups in total. The quantitative estimate of drug-likeness (QED) is 0.692. The molecule has 1 saturated heterocycles. The third kappa shape index (κ3) is 4.48. The Morgan fingerprint density at radius 1 is 1.19 bits per heavy atom. The molecule has 0 radical (unpaired) electrons. The van der Waals surface area contributed by atoms with Crippen molar-refractivity contribution in [2.45, 2.75) is 25.3 Å². The number of ether oxygens (including phenoxy) is 2. The molecule has 0 atom stereocenters. The lowest BCUT2D eigenvalue weighted by Crippen LogP contribution is -2.47. The van der Waals surface area contributed by atoms with Crippen molar-refractivity contribution in [3.8, 4) is 5.75 Å². The normalized spacial score (nSPS) is 17.0. The number of hydrogen-bond donors (Lipinski definition) is 1. The second-order valence-electron chi connectivity index (χ2n) is 7.80. The molecule has 1 aromatic heterocycles. The van der Waals surface area contributed by atoms with Gasteiger partial charge in [0.1, 0.15) is 5.82 Å². The maximum atomic E-state index is 15.0. The van der Waals surface area contributed by atoms with E-state index in [0.29, 0.717) is 50.3 Å². The van der Waals surface area contributed by atoms with Gasteiger partial charge in [-0.05, 0) is 25.0 Å². The van der Waals surface area contributed by atoms with Gasteiger partial charge < -0.3 is 24.0 Å². The number of benzene rings is 1. The van der Waals surface area contributed by atoms with Crippen molar-refractivity contribution < 1.29 is 28.6 Å². The minimum absolute atomic E-state index is 0.101. The number of halogens is 1. The molecule has 1 aromatic carbocycles. The first-order valence-corrected chi connectivity index (χ1v) is 10.2. The van der Waals surface area contributed by atoms with Crippen LogP contribution in [0.15, 0.2) is 23.1 Å². The minimum Gasteiger partial charge on any atom is -0.469 e. The highest BCUT2D eigenvalue weighted by atomic mass is 19.1. The van der Waals surface area contributed by atoms with Gasteiger partial charge in [-0.15, -0.1) is 0 Å². The van der Waals surface area contributed by atoms with Crippen LogP contribution in [0.3, 0.4) is 0 Å². The molecule has 10 heteroatoms. The van der Waals surface area contributed by atoms with Crippen molar-refractivity contribution >= 4 is 28.7 Å². The van der Waals surface area contributed by atoms with Gasteiger partial charge in [0.15, 0.2) is 5.75 Å². The van der Waals surface area contributed by atoms with E-state index in [-0.39, 0.29) is 23.1 Å². The van der Waals surface area contributed by atoms with Gasteiger partial charge >= 0.3 is 12.1 Å². The number of aromatic nitrogens is 1. The lowest BCUT2D eigenvalue weighted by Gasteiger charge is -2.36. The van der Waals surface area contributed by atoms with E-state index in [9.17, 15) is 14.4 Å². The zero-order valence-corrected chi connectivity index (χ0v) is 17.2. The number of fused-ring (bicyclic) bond motifs is 1. The van der Waals surface area contributed by atoms with Crippen LogP contribution in [-0.2, 0) is 9.53 Å². The summed E-state index contributed by atoms with van der Waals surface area (Å²) >= 11 is 0. The summed E-state index contributed by atoms with van der Waals surface area (Å²) in [6.07, 6.45) is 1.94. The second-order valence-corrected chi connectivity index (χ2v) is 7.80. The Morgan fingerprint density at radius 2 is 1.90 bits per heavy atom. The zero-order chi connectivity index (χ0) is 22.1. The molecule has 1 saturated carbocycles. The summed E-state index contributed by atoms with van der Waals surface area (Å²) < 4.78 is 26.1. The number of nitrogens with zero attached hydrogens (tertiary/aromatic N) is 3. The standard InChI is InChI=1S/C21H24FN3O6/c1-30-19(26)4-5-23-6-8-24(9-7-23)17-11-16-14(10-15(17)22)20(27)18(31-21(28)29)12-25(16)13-2-3-13/h10-13H,2-9H2,1H3,(H,28,29). The molecule has 0 bridgehead atoms. The van der Waals surface area contributed by atoms with Crippen LogP contribution in [-0.4, -0.2) is 66.5 Å². The fraction of sp³-hybridized carbons (Fsp3) is 0.476. The number of anilines is 1. The summed E-state index contributed by atoms with van der Waals surface area (Å²) in [5, 5.41) is 9.00. The Bertz CT molecular complexity index is 1070. The largest absolute Gasteiger partial charge is 0.511 e. The SMILES string of the molecule is COC(=O)CCN1CCN(c2cc3c(cc2F)c(=O)c(OC(=O)O)cn3C2CC2)CC1. The molecule has 4 rings (SSSR count). The Labute approximate surface area is 177 Å². The monoisotopic (exact) mass is 433 g/mol. The Kier molecular flexibility index (Phi) is 5.81. The van der Waals surface area contributed by atoms with Gasteiger partial charge in [-0.3, -0.25) is 14.5 Å². The number of rotatable bonds is 6. The van der Waals surface area contributed by atoms with Gasteiger partial charge in [-0.1, -0.05) is 0 Å². The number of carbonyl (C=O) groups excluding carboxylic acids is 1. The molecule has 0 spiro atoms. The van der Waals surface area contributed by atoms with E-state index in [1.54, 1.807) is 6.07 Å². The van der Waals surface area contributed by atoms with Crippen LogP contribution in [0.2, 0.25) is 0 Å². The lowest BCUT2D eigenvalue weighted by molar-refractivity contribution is -0.141. The number of esters is 1.